The Morgan fingerprint density at radius 3 is 2.00 bits per heavy atom. The number of allylic oxidation sites excluding steroid dienone is 1. The van der Waals surface area contributed by atoms with Crippen molar-refractivity contribution in [2.75, 3.05) is 19.6 Å². The molecule has 13 heavy (non-hydrogen) atoms. The van der Waals surface area contributed by atoms with Crippen molar-refractivity contribution in [2.45, 2.75) is 33.6 Å². The van der Waals surface area contributed by atoms with Crippen LogP contribution in [0.3, 0.4) is 0 Å². The van der Waals surface area contributed by atoms with E-state index in [0.717, 1.165) is 6.54 Å². The summed E-state index contributed by atoms with van der Waals surface area (Å²) in [6.45, 7) is 13.9. The second-order valence-corrected chi connectivity index (χ2v) is 3.33. The van der Waals surface area contributed by atoms with Crippen LogP contribution in [-0.4, -0.2) is 24.5 Å². The zero-order valence-corrected chi connectivity index (χ0v) is 9.77. The maximum Gasteiger partial charge on any atom is 1.00 e. The summed E-state index contributed by atoms with van der Waals surface area (Å²) in [6.07, 6.45) is 4.44. The van der Waals surface area contributed by atoms with Crippen LogP contribution in [0.25, 0.3) is 0 Å². The van der Waals surface area contributed by atoms with Gasteiger partial charge in [-0.3, -0.25) is 0 Å². The van der Waals surface area contributed by atoms with Gasteiger partial charge in [0.1, 0.15) is 0 Å². The molecule has 0 fully saturated rings. The Morgan fingerprint density at radius 1 is 1.23 bits per heavy atom. The van der Waals surface area contributed by atoms with Gasteiger partial charge in [-0.1, -0.05) is 13.8 Å². The quantitative estimate of drug-likeness (QED) is 0.402. The molecule has 0 rings (SSSR count). The molecule has 0 heterocycles. The van der Waals surface area contributed by atoms with Gasteiger partial charge in [0.05, 0.1) is 0 Å². The summed E-state index contributed by atoms with van der Waals surface area (Å²) in [5, 5.41) is 0. The number of nitrogens with zero attached hydrogens (tertiary/aromatic N) is 1. The molecule has 0 aliphatic carbocycles. The minimum absolute atomic E-state index is 0. The van der Waals surface area contributed by atoms with Gasteiger partial charge in [-0.15, -0.1) is 6.92 Å². The molecule has 0 saturated carbocycles. The van der Waals surface area contributed by atoms with Crippen LogP contribution >= 0.6 is 0 Å². The van der Waals surface area contributed by atoms with Crippen LogP contribution in [0.1, 0.15) is 33.6 Å². The minimum Gasteiger partial charge on any atom is -0.316 e. The molecule has 0 N–H and O–H groups in total. The van der Waals surface area contributed by atoms with E-state index in [2.05, 4.69) is 32.6 Å². The third kappa shape index (κ3) is 8.50. The molecular formula is C11H22LiN. The van der Waals surface area contributed by atoms with Gasteiger partial charge in [0.2, 0.25) is 0 Å². The van der Waals surface area contributed by atoms with Crippen molar-refractivity contribution in [1.29, 1.82) is 0 Å². The van der Waals surface area contributed by atoms with E-state index < -0.39 is 0 Å². The first-order valence-electron chi connectivity index (χ1n) is 4.91. The molecule has 0 bridgehead atoms. The average molecular weight is 175 g/mol. The van der Waals surface area contributed by atoms with E-state index in [1.165, 1.54) is 31.5 Å². The number of hydrogen-bond donors (Lipinski definition) is 0. The predicted molar refractivity (Wildman–Crippen MR) is 56.1 cm³/mol. The second-order valence-electron chi connectivity index (χ2n) is 3.33. The number of hydrogen-bond acceptors (Lipinski definition) is 1. The Morgan fingerprint density at radius 2 is 1.69 bits per heavy atom. The van der Waals surface area contributed by atoms with Crippen LogP contribution in [-0.2, 0) is 0 Å². The van der Waals surface area contributed by atoms with Crippen LogP contribution in [0.15, 0.2) is 11.6 Å². The van der Waals surface area contributed by atoms with Crippen LogP contribution < -0.4 is 18.9 Å². The summed E-state index contributed by atoms with van der Waals surface area (Å²) < 4.78 is 0. The van der Waals surface area contributed by atoms with Gasteiger partial charge < -0.3 is 4.90 Å². The predicted octanol–water partition coefficient (Wildman–Crippen LogP) is -0.107. The summed E-state index contributed by atoms with van der Waals surface area (Å²) in [5.41, 5.74) is 1.37. The van der Waals surface area contributed by atoms with Crippen molar-refractivity contribution in [1.82, 2.24) is 4.90 Å². The van der Waals surface area contributed by atoms with Gasteiger partial charge in [-0.25, -0.2) is 18.6 Å². The summed E-state index contributed by atoms with van der Waals surface area (Å²) >= 11 is 0. The molecule has 72 valence electrons. The van der Waals surface area contributed by atoms with Crippen molar-refractivity contribution in [3.05, 3.63) is 18.6 Å². The molecule has 1 nitrogen and oxygen atoms in total. The zero-order chi connectivity index (χ0) is 9.40. The molecule has 0 aliphatic heterocycles. The monoisotopic (exact) mass is 175 g/mol. The topological polar surface area (TPSA) is 3.24 Å². The fourth-order valence-electron chi connectivity index (χ4n) is 1.32. The van der Waals surface area contributed by atoms with Crippen molar-refractivity contribution in [3.63, 3.8) is 0 Å². The Labute approximate surface area is 95.8 Å². The van der Waals surface area contributed by atoms with E-state index in [4.69, 9.17) is 0 Å². The fraction of sp³-hybridized carbons (Fsp3) is 0.727. The summed E-state index contributed by atoms with van der Waals surface area (Å²) in [5.74, 6) is 0. The molecule has 0 spiro atoms. The van der Waals surface area contributed by atoms with E-state index in [1.807, 2.05) is 6.08 Å². The van der Waals surface area contributed by atoms with Crippen molar-refractivity contribution in [3.8, 4) is 0 Å². The first-order chi connectivity index (χ1) is 5.74. The van der Waals surface area contributed by atoms with E-state index in [0.29, 0.717) is 0 Å². The molecule has 0 aromatic rings. The first-order valence-corrected chi connectivity index (χ1v) is 4.91. The summed E-state index contributed by atoms with van der Waals surface area (Å²) in [6, 6.07) is 0. The Kier molecular flexibility index (Phi) is 12.3. The van der Waals surface area contributed by atoms with Crippen LogP contribution in [0.2, 0.25) is 0 Å². The van der Waals surface area contributed by atoms with Crippen LogP contribution in [0.4, 0.5) is 0 Å². The van der Waals surface area contributed by atoms with Gasteiger partial charge in [0, 0.05) is 0 Å². The molecule has 0 radical (unpaired) electrons. The molecule has 0 aromatic carbocycles. The largest absolute Gasteiger partial charge is 1.00 e. The number of rotatable bonds is 6. The third-order valence-electron chi connectivity index (χ3n) is 1.90. The second kappa shape index (κ2) is 10.2. The van der Waals surface area contributed by atoms with Crippen molar-refractivity contribution in [2.24, 2.45) is 0 Å². The molecule has 0 unspecified atom stereocenters. The maximum atomic E-state index is 3.77. The summed E-state index contributed by atoms with van der Waals surface area (Å²) in [7, 11) is 0. The van der Waals surface area contributed by atoms with Gasteiger partial charge in [-0.05, 0) is 32.5 Å². The van der Waals surface area contributed by atoms with E-state index >= 15 is 0 Å². The van der Waals surface area contributed by atoms with Gasteiger partial charge in [0.25, 0.3) is 0 Å². The van der Waals surface area contributed by atoms with Gasteiger partial charge >= 0.3 is 18.9 Å². The van der Waals surface area contributed by atoms with Gasteiger partial charge in [0.15, 0.2) is 0 Å². The standard InChI is InChI=1S/C11H22N.Li/c1-5-8-12(9-6-2)10-11(4)7-3;/h7H,3,5-6,8-10H2,1-2,4H3;/q-1;+1. The Bertz CT molecular complexity index is 126. The first kappa shape index (κ1) is 15.6. The minimum atomic E-state index is 0. The van der Waals surface area contributed by atoms with Crippen molar-refractivity contribution < 1.29 is 18.9 Å². The van der Waals surface area contributed by atoms with Crippen molar-refractivity contribution >= 4 is 0 Å². The zero-order valence-electron chi connectivity index (χ0n) is 9.77. The van der Waals surface area contributed by atoms with E-state index in [-0.39, 0.29) is 18.9 Å². The molecule has 0 amide bonds. The molecule has 0 aliphatic rings. The summed E-state index contributed by atoms with van der Waals surface area (Å²) in [4.78, 5) is 2.48. The van der Waals surface area contributed by atoms with E-state index in [1.54, 1.807) is 0 Å². The normalized spacial score (nSPS) is 11.5. The fourth-order valence-corrected chi connectivity index (χ4v) is 1.32. The molecule has 0 saturated heterocycles. The van der Waals surface area contributed by atoms with E-state index in [9.17, 15) is 0 Å². The van der Waals surface area contributed by atoms with Gasteiger partial charge in [-0.2, -0.15) is 0 Å². The maximum absolute atomic E-state index is 3.77. The molecular weight excluding hydrogens is 153 g/mol. The van der Waals surface area contributed by atoms with Crippen LogP contribution in [0.5, 0.6) is 0 Å². The molecule has 2 heteroatoms. The SMILES string of the molecule is [CH2-]C=C(C)CN(CCC)CCC.[Li+]. The Hall–Kier alpha value is 0.167. The third-order valence-corrected chi connectivity index (χ3v) is 1.90. The average Bonchev–Trinajstić information content (AvgIpc) is 2.05. The smallest absolute Gasteiger partial charge is 0.316 e. The molecule has 0 aromatic heterocycles. The van der Waals surface area contributed by atoms with Crippen LogP contribution in [0, 0.1) is 6.92 Å². The molecule has 0 atom stereocenters. The Balaban J connectivity index is 0.